The van der Waals surface area contributed by atoms with Gasteiger partial charge in [0.15, 0.2) is 23.3 Å². The normalized spacial score (nSPS) is 10.3. The summed E-state index contributed by atoms with van der Waals surface area (Å²) in [5, 5.41) is 4.14. The summed E-state index contributed by atoms with van der Waals surface area (Å²) in [4.78, 5) is 11.0. The SMILES string of the molecule is CNCC(=O)Nc1c(F)c(F)cc(F)c1F. The molecule has 0 radical (unpaired) electrons. The summed E-state index contributed by atoms with van der Waals surface area (Å²) in [6.07, 6.45) is 0. The molecule has 0 saturated heterocycles. The summed E-state index contributed by atoms with van der Waals surface area (Å²) in [6, 6.07) is 0.0679. The summed E-state index contributed by atoms with van der Waals surface area (Å²) < 4.78 is 51.5. The summed E-state index contributed by atoms with van der Waals surface area (Å²) in [7, 11) is 1.43. The van der Waals surface area contributed by atoms with Gasteiger partial charge in [-0.1, -0.05) is 0 Å². The molecule has 16 heavy (non-hydrogen) atoms. The Morgan fingerprint density at radius 1 is 1.19 bits per heavy atom. The van der Waals surface area contributed by atoms with E-state index >= 15 is 0 Å². The third-order valence-corrected chi connectivity index (χ3v) is 1.71. The maximum atomic E-state index is 13.0. The molecule has 0 atom stereocenters. The Balaban J connectivity index is 3.07. The van der Waals surface area contributed by atoms with Crippen LogP contribution in [-0.2, 0) is 4.79 Å². The number of hydrogen-bond donors (Lipinski definition) is 2. The van der Waals surface area contributed by atoms with Gasteiger partial charge in [-0.15, -0.1) is 0 Å². The first-order valence-electron chi connectivity index (χ1n) is 4.24. The molecule has 2 N–H and O–H groups in total. The molecule has 1 aromatic rings. The second kappa shape index (κ2) is 4.93. The van der Waals surface area contributed by atoms with Crippen LogP contribution >= 0.6 is 0 Å². The van der Waals surface area contributed by atoms with E-state index in [1.54, 1.807) is 5.32 Å². The van der Waals surface area contributed by atoms with Crippen molar-refractivity contribution in [1.82, 2.24) is 5.32 Å². The molecule has 0 heterocycles. The molecule has 0 bridgehead atoms. The van der Waals surface area contributed by atoms with Gasteiger partial charge in [0.05, 0.1) is 6.54 Å². The quantitative estimate of drug-likeness (QED) is 0.615. The Kier molecular flexibility index (Phi) is 3.83. The van der Waals surface area contributed by atoms with Gasteiger partial charge in [0.25, 0.3) is 0 Å². The van der Waals surface area contributed by atoms with Crippen LogP contribution in [0.3, 0.4) is 0 Å². The van der Waals surface area contributed by atoms with Crippen LogP contribution in [0.5, 0.6) is 0 Å². The van der Waals surface area contributed by atoms with E-state index in [4.69, 9.17) is 0 Å². The van der Waals surface area contributed by atoms with Crippen molar-refractivity contribution in [3.63, 3.8) is 0 Å². The lowest BCUT2D eigenvalue weighted by atomic mass is 10.2. The van der Waals surface area contributed by atoms with Crippen LogP contribution < -0.4 is 10.6 Å². The van der Waals surface area contributed by atoms with Gasteiger partial charge in [0, 0.05) is 6.07 Å². The smallest absolute Gasteiger partial charge is 0.238 e. The summed E-state index contributed by atoms with van der Waals surface area (Å²) in [5.41, 5.74) is -1.13. The van der Waals surface area contributed by atoms with Crippen molar-refractivity contribution in [1.29, 1.82) is 0 Å². The predicted octanol–water partition coefficient (Wildman–Crippen LogP) is 1.40. The molecular formula is C9H8F4N2O. The first kappa shape index (κ1) is 12.4. The van der Waals surface area contributed by atoms with E-state index in [0.717, 1.165) is 0 Å². The predicted molar refractivity (Wildman–Crippen MR) is 48.8 cm³/mol. The topological polar surface area (TPSA) is 41.1 Å². The van der Waals surface area contributed by atoms with Gasteiger partial charge in [-0.05, 0) is 7.05 Å². The van der Waals surface area contributed by atoms with Gasteiger partial charge in [0.1, 0.15) is 5.69 Å². The van der Waals surface area contributed by atoms with E-state index in [0.29, 0.717) is 0 Å². The van der Waals surface area contributed by atoms with Gasteiger partial charge in [-0.2, -0.15) is 0 Å². The number of benzene rings is 1. The number of likely N-dealkylation sites (N-methyl/N-ethyl adjacent to an activating group) is 1. The third-order valence-electron chi connectivity index (χ3n) is 1.71. The zero-order chi connectivity index (χ0) is 12.3. The fourth-order valence-corrected chi connectivity index (χ4v) is 1.03. The van der Waals surface area contributed by atoms with Crippen molar-refractivity contribution in [2.24, 2.45) is 0 Å². The van der Waals surface area contributed by atoms with Crippen LogP contribution in [0.1, 0.15) is 0 Å². The summed E-state index contributed by atoms with van der Waals surface area (Å²) in [5.74, 6) is -7.23. The van der Waals surface area contributed by atoms with E-state index in [1.807, 2.05) is 0 Å². The zero-order valence-corrected chi connectivity index (χ0v) is 8.20. The molecular weight excluding hydrogens is 228 g/mol. The molecule has 3 nitrogen and oxygen atoms in total. The molecule has 0 unspecified atom stereocenters. The summed E-state index contributed by atoms with van der Waals surface area (Å²) >= 11 is 0. The van der Waals surface area contributed by atoms with Crippen LogP contribution in [-0.4, -0.2) is 19.5 Å². The minimum Gasteiger partial charge on any atom is -0.320 e. The van der Waals surface area contributed by atoms with Crippen molar-refractivity contribution in [3.05, 3.63) is 29.3 Å². The highest BCUT2D eigenvalue weighted by Crippen LogP contribution is 2.23. The number of hydrogen-bond acceptors (Lipinski definition) is 2. The number of carbonyl (C=O) groups excluding carboxylic acids is 1. The lowest BCUT2D eigenvalue weighted by Gasteiger charge is -2.08. The van der Waals surface area contributed by atoms with E-state index in [9.17, 15) is 22.4 Å². The molecule has 0 aliphatic carbocycles. The lowest BCUT2D eigenvalue weighted by Crippen LogP contribution is -2.26. The Morgan fingerprint density at radius 2 is 1.69 bits per heavy atom. The fraction of sp³-hybridized carbons (Fsp3) is 0.222. The van der Waals surface area contributed by atoms with Crippen molar-refractivity contribution in [2.45, 2.75) is 0 Å². The van der Waals surface area contributed by atoms with Crippen LogP contribution in [0.15, 0.2) is 6.07 Å². The Bertz CT molecular complexity index is 396. The van der Waals surface area contributed by atoms with Crippen molar-refractivity contribution < 1.29 is 22.4 Å². The van der Waals surface area contributed by atoms with Crippen molar-refractivity contribution in [3.8, 4) is 0 Å². The Labute approximate surface area is 88.4 Å². The van der Waals surface area contributed by atoms with Crippen molar-refractivity contribution in [2.75, 3.05) is 18.9 Å². The minimum atomic E-state index is -1.64. The maximum Gasteiger partial charge on any atom is 0.238 e. The molecule has 1 aromatic carbocycles. The highest BCUT2D eigenvalue weighted by atomic mass is 19.2. The van der Waals surface area contributed by atoms with E-state index in [-0.39, 0.29) is 12.6 Å². The second-order valence-corrected chi connectivity index (χ2v) is 2.92. The average molecular weight is 236 g/mol. The Morgan fingerprint density at radius 3 is 2.12 bits per heavy atom. The van der Waals surface area contributed by atoms with E-state index in [1.165, 1.54) is 7.05 Å². The minimum absolute atomic E-state index is 0.0679. The molecule has 1 amide bonds. The van der Waals surface area contributed by atoms with Crippen molar-refractivity contribution >= 4 is 11.6 Å². The summed E-state index contributed by atoms with van der Waals surface area (Å²) in [6.45, 7) is -0.239. The monoisotopic (exact) mass is 236 g/mol. The first-order valence-corrected chi connectivity index (χ1v) is 4.24. The highest BCUT2D eigenvalue weighted by Gasteiger charge is 2.20. The van der Waals surface area contributed by atoms with Crippen LogP contribution in [0.2, 0.25) is 0 Å². The molecule has 0 aliphatic heterocycles. The number of anilines is 1. The van der Waals surface area contributed by atoms with Crippen LogP contribution in [0, 0.1) is 23.3 Å². The molecule has 1 rings (SSSR count). The number of halogens is 4. The third kappa shape index (κ3) is 2.48. The molecule has 88 valence electrons. The van der Waals surface area contributed by atoms with Crippen LogP contribution in [0.4, 0.5) is 23.2 Å². The number of nitrogens with one attached hydrogen (secondary N) is 2. The van der Waals surface area contributed by atoms with Gasteiger partial charge in [-0.25, -0.2) is 17.6 Å². The number of rotatable bonds is 3. The number of carbonyl (C=O) groups is 1. The average Bonchev–Trinajstić information content (AvgIpc) is 2.22. The van der Waals surface area contributed by atoms with Gasteiger partial charge < -0.3 is 10.6 Å². The zero-order valence-electron chi connectivity index (χ0n) is 8.20. The van der Waals surface area contributed by atoms with Gasteiger partial charge in [0.2, 0.25) is 5.91 Å². The van der Waals surface area contributed by atoms with E-state index in [2.05, 4.69) is 5.32 Å². The molecule has 7 heteroatoms. The highest BCUT2D eigenvalue weighted by molar-refractivity contribution is 5.92. The van der Waals surface area contributed by atoms with Crippen LogP contribution in [0.25, 0.3) is 0 Å². The van der Waals surface area contributed by atoms with Gasteiger partial charge >= 0.3 is 0 Å². The largest absolute Gasteiger partial charge is 0.320 e. The molecule has 0 fully saturated rings. The maximum absolute atomic E-state index is 13.0. The van der Waals surface area contributed by atoms with E-state index < -0.39 is 34.9 Å². The standard InChI is InChI=1S/C9H8F4N2O/c1-14-3-6(16)15-9-7(12)4(10)2-5(11)8(9)13/h2,14H,3H2,1H3,(H,15,16). The fourth-order valence-electron chi connectivity index (χ4n) is 1.03. The molecule has 0 aromatic heterocycles. The van der Waals surface area contributed by atoms with Gasteiger partial charge in [-0.3, -0.25) is 4.79 Å². The molecule has 0 saturated carbocycles. The molecule has 0 spiro atoms. The molecule has 0 aliphatic rings. The number of amides is 1. The first-order chi connectivity index (χ1) is 7.47. The Hall–Kier alpha value is -1.63. The second-order valence-electron chi connectivity index (χ2n) is 2.92. The lowest BCUT2D eigenvalue weighted by molar-refractivity contribution is -0.115.